The summed E-state index contributed by atoms with van der Waals surface area (Å²) in [6.45, 7) is 1.53. The minimum Gasteiger partial charge on any atom is -0.465 e. The predicted molar refractivity (Wildman–Crippen MR) is 108 cm³/mol. The molecule has 2 atom stereocenters. The van der Waals surface area contributed by atoms with Crippen LogP contribution in [-0.2, 0) is 35.4 Å². The highest BCUT2D eigenvalue weighted by Gasteiger charge is 2.40. The van der Waals surface area contributed by atoms with Crippen LogP contribution < -0.4 is 16.0 Å². The van der Waals surface area contributed by atoms with Gasteiger partial charge in [0.15, 0.2) is 11.7 Å². The maximum absolute atomic E-state index is 11.9. The average molecular weight is 464 g/mol. The standard InChI is InChI=1S/C15H18ClN5O6S2/c1-8(22)26-2-3-28-14-12(13(25)21-14)19-11(24)5-17-27-6-9-7-29-15(18-9)20-10(23)4-16/h5,7,12,14H,2-4,6H2,1H3,(H,19,24)(H,21,25)(H,18,20,23)/t12-,14-/m1/s1. The van der Waals surface area contributed by atoms with Gasteiger partial charge in [-0.25, -0.2) is 4.98 Å². The second-order valence-corrected chi connectivity index (χ2v) is 7.83. The van der Waals surface area contributed by atoms with E-state index in [1.807, 2.05) is 0 Å². The Morgan fingerprint density at radius 2 is 2.28 bits per heavy atom. The minimum atomic E-state index is -0.706. The monoisotopic (exact) mass is 463 g/mol. The van der Waals surface area contributed by atoms with E-state index in [0.29, 0.717) is 16.6 Å². The number of oxime groups is 1. The van der Waals surface area contributed by atoms with E-state index >= 15 is 0 Å². The summed E-state index contributed by atoms with van der Waals surface area (Å²) in [5, 5.41) is 12.9. The molecule has 11 nitrogen and oxygen atoms in total. The molecule has 2 rings (SSSR count). The first kappa shape index (κ1) is 22.9. The number of anilines is 1. The van der Waals surface area contributed by atoms with Gasteiger partial charge in [0.1, 0.15) is 30.1 Å². The lowest BCUT2D eigenvalue weighted by molar-refractivity contribution is -0.140. The largest absolute Gasteiger partial charge is 0.465 e. The summed E-state index contributed by atoms with van der Waals surface area (Å²) in [5.41, 5.74) is 0.514. The first-order valence-corrected chi connectivity index (χ1v) is 10.7. The number of ether oxygens (including phenoxy) is 1. The molecule has 3 N–H and O–H groups in total. The molecular formula is C15H18ClN5O6S2. The molecule has 158 valence electrons. The van der Waals surface area contributed by atoms with Gasteiger partial charge in [0.05, 0.1) is 5.69 Å². The van der Waals surface area contributed by atoms with E-state index in [4.69, 9.17) is 21.2 Å². The highest BCUT2D eigenvalue weighted by atomic mass is 35.5. The highest BCUT2D eigenvalue weighted by Crippen LogP contribution is 2.19. The van der Waals surface area contributed by atoms with Gasteiger partial charge in [0, 0.05) is 18.1 Å². The molecule has 29 heavy (non-hydrogen) atoms. The third kappa shape index (κ3) is 7.87. The van der Waals surface area contributed by atoms with Crippen molar-refractivity contribution in [1.29, 1.82) is 0 Å². The summed E-state index contributed by atoms with van der Waals surface area (Å²) >= 11 is 7.94. The van der Waals surface area contributed by atoms with Crippen molar-refractivity contribution in [2.75, 3.05) is 23.6 Å². The molecule has 0 spiro atoms. The molecule has 0 radical (unpaired) electrons. The summed E-state index contributed by atoms with van der Waals surface area (Å²) in [7, 11) is 0. The molecule has 0 aliphatic carbocycles. The van der Waals surface area contributed by atoms with Crippen molar-refractivity contribution < 1.29 is 28.8 Å². The molecule has 1 aromatic rings. The Hall–Kier alpha value is -2.38. The Labute approximate surface area is 178 Å². The van der Waals surface area contributed by atoms with Crippen molar-refractivity contribution in [3.05, 3.63) is 11.1 Å². The van der Waals surface area contributed by atoms with E-state index in [1.165, 1.54) is 30.0 Å². The Morgan fingerprint density at radius 3 is 2.97 bits per heavy atom. The fourth-order valence-corrected chi connectivity index (χ4v) is 3.75. The number of alkyl halides is 1. The third-order valence-electron chi connectivity index (χ3n) is 3.23. The summed E-state index contributed by atoms with van der Waals surface area (Å²) in [4.78, 5) is 54.4. The number of halogens is 1. The van der Waals surface area contributed by atoms with Crippen molar-refractivity contribution in [2.24, 2.45) is 5.16 Å². The Balaban J connectivity index is 1.67. The van der Waals surface area contributed by atoms with Gasteiger partial charge in [-0.1, -0.05) is 5.16 Å². The molecule has 1 aliphatic heterocycles. The molecule has 14 heteroatoms. The molecule has 1 aliphatic rings. The summed E-state index contributed by atoms with van der Waals surface area (Å²) in [6.07, 6.45) is 0.911. The lowest BCUT2D eigenvalue weighted by Gasteiger charge is -2.36. The maximum atomic E-state index is 11.9. The second kappa shape index (κ2) is 11.6. The van der Waals surface area contributed by atoms with Crippen LogP contribution in [0.15, 0.2) is 10.5 Å². The topological polar surface area (TPSA) is 148 Å². The summed E-state index contributed by atoms with van der Waals surface area (Å²) in [6, 6.07) is -0.706. The number of thioether (sulfide) groups is 1. The van der Waals surface area contributed by atoms with Crippen LogP contribution in [0.25, 0.3) is 0 Å². The van der Waals surface area contributed by atoms with Crippen molar-refractivity contribution in [2.45, 2.75) is 24.9 Å². The molecule has 0 aromatic carbocycles. The maximum Gasteiger partial charge on any atom is 0.302 e. The molecule has 1 fully saturated rings. The zero-order valence-electron chi connectivity index (χ0n) is 15.2. The van der Waals surface area contributed by atoms with E-state index in [1.54, 1.807) is 5.38 Å². The number of rotatable bonds is 11. The SMILES string of the molecule is CC(=O)OCCS[C@H]1NC(=O)[C@H]1NC(=O)C=NOCc1csc(NC(=O)CCl)n1. The van der Waals surface area contributed by atoms with Gasteiger partial charge < -0.3 is 25.5 Å². The molecule has 3 amide bonds. The van der Waals surface area contributed by atoms with Crippen LogP contribution >= 0.6 is 34.7 Å². The number of esters is 1. The third-order valence-corrected chi connectivity index (χ3v) is 5.43. The van der Waals surface area contributed by atoms with E-state index in [0.717, 1.165) is 6.21 Å². The van der Waals surface area contributed by atoms with Gasteiger partial charge in [-0.15, -0.1) is 34.7 Å². The quantitative estimate of drug-likeness (QED) is 0.104. The normalized spacial score (nSPS) is 17.9. The predicted octanol–water partition coefficient (Wildman–Crippen LogP) is 0.0598. The van der Waals surface area contributed by atoms with Gasteiger partial charge in [-0.05, 0) is 0 Å². The number of hydrogen-bond donors (Lipinski definition) is 3. The van der Waals surface area contributed by atoms with Gasteiger partial charge in [0.2, 0.25) is 11.8 Å². The number of carbonyl (C=O) groups excluding carboxylic acids is 4. The molecule has 1 aromatic heterocycles. The number of nitrogens with zero attached hydrogens (tertiary/aromatic N) is 2. The lowest BCUT2D eigenvalue weighted by Crippen LogP contribution is -2.68. The van der Waals surface area contributed by atoms with Crippen molar-refractivity contribution >= 4 is 69.7 Å². The molecule has 1 saturated heterocycles. The number of aromatic nitrogens is 1. The molecule has 2 heterocycles. The van der Waals surface area contributed by atoms with Crippen LogP contribution in [-0.4, -0.2) is 64.5 Å². The Morgan fingerprint density at radius 1 is 1.48 bits per heavy atom. The first-order chi connectivity index (χ1) is 13.9. The minimum absolute atomic E-state index is 0.00440. The van der Waals surface area contributed by atoms with E-state index < -0.39 is 11.9 Å². The van der Waals surface area contributed by atoms with Crippen LogP contribution in [0.4, 0.5) is 5.13 Å². The van der Waals surface area contributed by atoms with E-state index in [-0.39, 0.29) is 42.3 Å². The first-order valence-electron chi connectivity index (χ1n) is 8.20. The fraction of sp³-hybridized carbons (Fsp3) is 0.467. The molecular weight excluding hydrogens is 446 g/mol. The zero-order valence-corrected chi connectivity index (χ0v) is 17.6. The van der Waals surface area contributed by atoms with Crippen LogP contribution in [0, 0.1) is 0 Å². The number of nitrogens with one attached hydrogen (secondary N) is 3. The molecule has 0 saturated carbocycles. The summed E-state index contributed by atoms with van der Waals surface area (Å²) < 4.78 is 4.80. The molecule has 0 unspecified atom stereocenters. The number of amides is 3. The van der Waals surface area contributed by atoms with E-state index in [2.05, 4.69) is 26.1 Å². The zero-order chi connectivity index (χ0) is 21.2. The Kier molecular flexibility index (Phi) is 9.15. The van der Waals surface area contributed by atoms with Crippen molar-refractivity contribution in [3.8, 4) is 0 Å². The van der Waals surface area contributed by atoms with Gasteiger partial charge in [-0.2, -0.15) is 0 Å². The lowest BCUT2D eigenvalue weighted by atomic mass is 10.1. The number of thiazole rings is 1. The molecule has 0 bridgehead atoms. The average Bonchev–Trinajstić information content (AvgIpc) is 3.12. The fourth-order valence-electron chi connectivity index (χ4n) is 1.96. The van der Waals surface area contributed by atoms with Gasteiger partial charge in [-0.3, -0.25) is 19.2 Å². The van der Waals surface area contributed by atoms with E-state index in [9.17, 15) is 19.2 Å². The number of hydrogen-bond acceptors (Lipinski definition) is 10. The Bertz CT molecular complexity index is 789. The van der Waals surface area contributed by atoms with Crippen molar-refractivity contribution in [3.63, 3.8) is 0 Å². The van der Waals surface area contributed by atoms with Gasteiger partial charge >= 0.3 is 5.97 Å². The second-order valence-electron chi connectivity index (χ2n) is 5.46. The van der Waals surface area contributed by atoms with Crippen LogP contribution in [0.2, 0.25) is 0 Å². The van der Waals surface area contributed by atoms with Gasteiger partial charge in [0.25, 0.3) is 5.91 Å². The van der Waals surface area contributed by atoms with Crippen LogP contribution in [0.1, 0.15) is 12.6 Å². The van der Waals surface area contributed by atoms with Crippen LogP contribution in [0.5, 0.6) is 0 Å². The van der Waals surface area contributed by atoms with Crippen molar-refractivity contribution in [1.82, 2.24) is 15.6 Å². The number of β-lactam (4-membered cyclic amide) rings is 1. The highest BCUT2D eigenvalue weighted by molar-refractivity contribution is 8.00. The summed E-state index contributed by atoms with van der Waals surface area (Å²) in [5.74, 6) is -1.34. The smallest absolute Gasteiger partial charge is 0.302 e. The van der Waals surface area contributed by atoms with Crippen LogP contribution in [0.3, 0.4) is 0 Å². The number of carbonyl (C=O) groups is 4.